The molecule has 0 heterocycles. The van der Waals surface area contributed by atoms with Crippen LogP contribution in [0.15, 0.2) is 18.2 Å². The van der Waals surface area contributed by atoms with Gasteiger partial charge in [-0.25, -0.2) is 0 Å². The molecule has 0 saturated heterocycles. The van der Waals surface area contributed by atoms with Gasteiger partial charge in [-0.3, -0.25) is 4.79 Å². The molecule has 3 atom stereocenters. The normalized spacial score (nSPS) is 23.2. The molecule has 1 aliphatic rings. The minimum absolute atomic E-state index is 0.0520. The first kappa shape index (κ1) is 18.1. The lowest BCUT2D eigenvalue weighted by Crippen LogP contribution is -2.45. The van der Waals surface area contributed by atoms with Crippen molar-refractivity contribution in [2.75, 3.05) is 13.2 Å². The summed E-state index contributed by atoms with van der Waals surface area (Å²) in [6.45, 7) is 6.72. The van der Waals surface area contributed by atoms with E-state index in [1.54, 1.807) is 18.2 Å². The summed E-state index contributed by atoms with van der Waals surface area (Å²) in [6.07, 6.45) is 3.41. The fourth-order valence-corrected chi connectivity index (χ4v) is 3.14. The van der Waals surface area contributed by atoms with E-state index in [1.807, 2.05) is 6.92 Å². The van der Waals surface area contributed by atoms with Crippen LogP contribution in [0.4, 0.5) is 0 Å². The van der Waals surface area contributed by atoms with Crippen LogP contribution in [0, 0.1) is 23.2 Å². The number of nitrogens with one attached hydrogen (secondary N) is 1. The molecule has 0 bridgehead atoms. The highest BCUT2D eigenvalue weighted by Gasteiger charge is 2.28. The van der Waals surface area contributed by atoms with Gasteiger partial charge in [0.25, 0.3) is 5.91 Å². The van der Waals surface area contributed by atoms with E-state index in [-0.39, 0.29) is 18.6 Å². The maximum absolute atomic E-state index is 12.2. The Labute approximate surface area is 144 Å². The van der Waals surface area contributed by atoms with Crippen molar-refractivity contribution in [3.8, 4) is 17.6 Å². The summed E-state index contributed by atoms with van der Waals surface area (Å²) in [4.78, 5) is 12.2. The van der Waals surface area contributed by atoms with Crippen LogP contribution < -0.4 is 14.8 Å². The minimum atomic E-state index is -0.118. The predicted molar refractivity (Wildman–Crippen MR) is 91.9 cm³/mol. The van der Waals surface area contributed by atoms with Gasteiger partial charge in [-0.1, -0.05) is 26.7 Å². The van der Waals surface area contributed by atoms with E-state index in [0.29, 0.717) is 35.5 Å². The van der Waals surface area contributed by atoms with Gasteiger partial charge in [-0.05, 0) is 37.3 Å². The number of ether oxygens (including phenoxy) is 2. The molecule has 1 saturated carbocycles. The summed E-state index contributed by atoms with van der Waals surface area (Å²) in [5, 5.41) is 12.0. The Balaban J connectivity index is 1.93. The zero-order valence-electron chi connectivity index (χ0n) is 14.7. The van der Waals surface area contributed by atoms with Crippen molar-refractivity contribution in [3.05, 3.63) is 23.8 Å². The first-order valence-corrected chi connectivity index (χ1v) is 8.64. The highest BCUT2D eigenvalue weighted by molar-refractivity contribution is 5.78. The van der Waals surface area contributed by atoms with Crippen molar-refractivity contribution in [1.82, 2.24) is 5.32 Å². The number of nitriles is 1. The summed E-state index contributed by atoms with van der Waals surface area (Å²) < 4.78 is 11.1. The molecule has 0 radical (unpaired) electrons. The van der Waals surface area contributed by atoms with Crippen LogP contribution >= 0.6 is 0 Å². The number of nitrogens with zero attached hydrogens (tertiary/aromatic N) is 1. The second kappa shape index (κ2) is 8.58. The number of benzene rings is 1. The van der Waals surface area contributed by atoms with Gasteiger partial charge in [0.1, 0.15) is 0 Å². The lowest BCUT2D eigenvalue weighted by atomic mass is 9.78. The molecule has 1 aromatic rings. The fraction of sp³-hybridized carbons (Fsp3) is 0.579. The Bertz CT molecular complexity index is 609. The third-order valence-electron chi connectivity index (χ3n) is 4.78. The zero-order valence-corrected chi connectivity index (χ0v) is 14.7. The van der Waals surface area contributed by atoms with Crippen LogP contribution in [0.25, 0.3) is 0 Å². The maximum Gasteiger partial charge on any atom is 0.258 e. The molecule has 0 spiro atoms. The molecular formula is C19H26N2O3. The average Bonchev–Trinajstić information content (AvgIpc) is 2.58. The van der Waals surface area contributed by atoms with Crippen molar-refractivity contribution in [3.63, 3.8) is 0 Å². The summed E-state index contributed by atoms with van der Waals surface area (Å²) in [5.41, 5.74) is 0.500. The summed E-state index contributed by atoms with van der Waals surface area (Å²) in [7, 11) is 0. The van der Waals surface area contributed by atoms with Crippen molar-refractivity contribution in [2.45, 2.75) is 46.1 Å². The van der Waals surface area contributed by atoms with Crippen LogP contribution in [0.5, 0.6) is 11.5 Å². The van der Waals surface area contributed by atoms with Gasteiger partial charge < -0.3 is 14.8 Å². The van der Waals surface area contributed by atoms with E-state index in [1.165, 1.54) is 6.42 Å². The largest absolute Gasteiger partial charge is 0.490 e. The predicted octanol–water partition coefficient (Wildman–Crippen LogP) is 3.28. The van der Waals surface area contributed by atoms with Gasteiger partial charge in [0, 0.05) is 12.1 Å². The standard InChI is InChI=1S/C19H26N2O3/c1-4-23-18-10-15(11-20)8-9-17(18)24-12-19(22)21-16-7-5-6-13(2)14(16)3/h8-10,13-14,16H,4-7,12H2,1-3H3,(H,21,22)/t13-,14-,16-/m1/s1. The monoisotopic (exact) mass is 330 g/mol. The van der Waals surface area contributed by atoms with Gasteiger partial charge in [0.2, 0.25) is 0 Å². The van der Waals surface area contributed by atoms with E-state index in [2.05, 4.69) is 25.2 Å². The van der Waals surface area contributed by atoms with Crippen molar-refractivity contribution < 1.29 is 14.3 Å². The molecule has 1 N–H and O–H groups in total. The van der Waals surface area contributed by atoms with Gasteiger partial charge >= 0.3 is 0 Å². The topological polar surface area (TPSA) is 71.3 Å². The molecule has 1 amide bonds. The molecule has 1 aliphatic carbocycles. The molecule has 1 aromatic carbocycles. The zero-order chi connectivity index (χ0) is 17.5. The number of carbonyl (C=O) groups is 1. The van der Waals surface area contributed by atoms with Crippen molar-refractivity contribution in [1.29, 1.82) is 5.26 Å². The quantitative estimate of drug-likeness (QED) is 0.869. The second-order valence-electron chi connectivity index (χ2n) is 6.44. The van der Waals surface area contributed by atoms with E-state index < -0.39 is 0 Å². The number of carbonyl (C=O) groups excluding carboxylic acids is 1. The highest BCUT2D eigenvalue weighted by Crippen LogP contribution is 2.30. The van der Waals surface area contributed by atoms with Gasteiger partial charge in [-0.15, -0.1) is 0 Å². The fourth-order valence-electron chi connectivity index (χ4n) is 3.14. The molecule has 0 unspecified atom stereocenters. The van der Waals surface area contributed by atoms with Crippen LogP contribution in [0.2, 0.25) is 0 Å². The number of hydrogen-bond acceptors (Lipinski definition) is 4. The Morgan fingerprint density at radius 2 is 2.08 bits per heavy atom. The summed E-state index contributed by atoms with van der Waals surface area (Å²) in [5.74, 6) is 1.97. The van der Waals surface area contributed by atoms with Crippen LogP contribution in [0.1, 0.15) is 45.6 Å². The molecule has 130 valence electrons. The lowest BCUT2D eigenvalue weighted by Gasteiger charge is -2.34. The molecule has 5 heteroatoms. The molecule has 0 aliphatic heterocycles. The Hall–Kier alpha value is -2.22. The van der Waals surface area contributed by atoms with E-state index in [0.717, 1.165) is 12.8 Å². The van der Waals surface area contributed by atoms with Gasteiger partial charge in [0.15, 0.2) is 18.1 Å². The van der Waals surface area contributed by atoms with E-state index >= 15 is 0 Å². The minimum Gasteiger partial charge on any atom is -0.490 e. The van der Waals surface area contributed by atoms with E-state index in [9.17, 15) is 4.79 Å². The molecule has 24 heavy (non-hydrogen) atoms. The Morgan fingerprint density at radius 1 is 1.29 bits per heavy atom. The Morgan fingerprint density at radius 3 is 2.79 bits per heavy atom. The highest BCUT2D eigenvalue weighted by atomic mass is 16.5. The molecule has 1 fully saturated rings. The van der Waals surface area contributed by atoms with Crippen molar-refractivity contribution >= 4 is 5.91 Å². The van der Waals surface area contributed by atoms with Crippen LogP contribution in [0.3, 0.4) is 0 Å². The van der Waals surface area contributed by atoms with E-state index in [4.69, 9.17) is 14.7 Å². The molecule has 0 aromatic heterocycles. The average molecular weight is 330 g/mol. The molecule has 5 nitrogen and oxygen atoms in total. The third kappa shape index (κ3) is 4.64. The Kier molecular flexibility index (Phi) is 6.48. The van der Waals surface area contributed by atoms with Crippen LogP contribution in [-0.2, 0) is 4.79 Å². The molecular weight excluding hydrogens is 304 g/mol. The molecule has 2 rings (SSSR count). The van der Waals surface area contributed by atoms with Gasteiger partial charge in [0.05, 0.1) is 18.2 Å². The summed E-state index contributed by atoms with van der Waals surface area (Å²) >= 11 is 0. The lowest BCUT2D eigenvalue weighted by molar-refractivity contribution is -0.124. The first-order valence-electron chi connectivity index (χ1n) is 8.64. The van der Waals surface area contributed by atoms with Crippen molar-refractivity contribution in [2.24, 2.45) is 11.8 Å². The second-order valence-corrected chi connectivity index (χ2v) is 6.44. The van der Waals surface area contributed by atoms with Gasteiger partial charge in [-0.2, -0.15) is 5.26 Å². The number of amides is 1. The SMILES string of the molecule is CCOc1cc(C#N)ccc1OCC(=O)N[C@@H]1CCC[C@@H](C)[C@H]1C. The smallest absolute Gasteiger partial charge is 0.258 e. The third-order valence-corrected chi connectivity index (χ3v) is 4.78. The summed E-state index contributed by atoms with van der Waals surface area (Å²) in [6, 6.07) is 7.23. The first-order chi connectivity index (χ1) is 11.5. The maximum atomic E-state index is 12.2. The number of hydrogen-bond donors (Lipinski definition) is 1. The number of rotatable bonds is 6. The van der Waals surface area contributed by atoms with Crippen LogP contribution in [-0.4, -0.2) is 25.2 Å².